The van der Waals surface area contributed by atoms with Crippen LogP contribution in [0.15, 0.2) is 28.7 Å². The smallest absolute Gasteiger partial charge is 0.224 e. The van der Waals surface area contributed by atoms with Crippen molar-refractivity contribution in [2.45, 2.75) is 32.4 Å². The molecule has 16 heavy (non-hydrogen) atoms. The van der Waals surface area contributed by atoms with Gasteiger partial charge in [0.05, 0.1) is 11.9 Å². The molecule has 1 aromatic rings. The standard InChI is InChI=1S/C11H14N4O/c1-8-4-6-12-7-9(8)13-10(16)3-5-11(2)14-15-11/h4,6-7H,3,5H2,1-2H3,(H,13,16). The van der Waals surface area contributed by atoms with E-state index in [1.807, 2.05) is 19.9 Å². The maximum atomic E-state index is 11.6. The van der Waals surface area contributed by atoms with Crippen LogP contribution in [0.3, 0.4) is 0 Å². The number of amides is 1. The molecule has 1 N–H and O–H groups in total. The molecule has 1 aliphatic rings. The van der Waals surface area contributed by atoms with Gasteiger partial charge in [0, 0.05) is 19.0 Å². The lowest BCUT2D eigenvalue weighted by atomic mass is 10.1. The fourth-order valence-electron chi connectivity index (χ4n) is 1.34. The third-order valence-corrected chi connectivity index (χ3v) is 2.58. The first-order chi connectivity index (χ1) is 7.59. The first kappa shape index (κ1) is 10.7. The summed E-state index contributed by atoms with van der Waals surface area (Å²) in [6, 6.07) is 1.86. The van der Waals surface area contributed by atoms with Gasteiger partial charge in [0.2, 0.25) is 5.91 Å². The summed E-state index contributed by atoms with van der Waals surface area (Å²) in [7, 11) is 0. The quantitative estimate of drug-likeness (QED) is 0.842. The first-order valence-corrected chi connectivity index (χ1v) is 5.24. The number of hydrogen-bond donors (Lipinski definition) is 1. The van der Waals surface area contributed by atoms with Crippen LogP contribution >= 0.6 is 0 Å². The van der Waals surface area contributed by atoms with Gasteiger partial charge in [-0.1, -0.05) is 0 Å². The molecule has 1 aromatic heterocycles. The van der Waals surface area contributed by atoms with Gasteiger partial charge >= 0.3 is 0 Å². The number of aryl methyl sites for hydroxylation is 1. The van der Waals surface area contributed by atoms with Crippen molar-refractivity contribution in [3.63, 3.8) is 0 Å². The number of anilines is 1. The Kier molecular flexibility index (Phi) is 2.68. The molecule has 2 rings (SSSR count). The van der Waals surface area contributed by atoms with Crippen LogP contribution in [0.5, 0.6) is 0 Å². The SMILES string of the molecule is Cc1ccncc1NC(=O)CCC1(C)N=N1. The van der Waals surface area contributed by atoms with Gasteiger partial charge in [0.1, 0.15) is 0 Å². The van der Waals surface area contributed by atoms with Gasteiger partial charge in [-0.3, -0.25) is 9.78 Å². The Morgan fingerprint density at radius 2 is 2.25 bits per heavy atom. The number of rotatable bonds is 4. The second-order valence-electron chi connectivity index (χ2n) is 4.16. The summed E-state index contributed by atoms with van der Waals surface area (Å²) >= 11 is 0. The van der Waals surface area contributed by atoms with E-state index in [-0.39, 0.29) is 11.6 Å². The van der Waals surface area contributed by atoms with Crippen molar-refractivity contribution < 1.29 is 4.79 Å². The molecular weight excluding hydrogens is 204 g/mol. The Labute approximate surface area is 94.0 Å². The highest BCUT2D eigenvalue weighted by atomic mass is 16.1. The van der Waals surface area contributed by atoms with Crippen molar-refractivity contribution in [1.29, 1.82) is 0 Å². The summed E-state index contributed by atoms with van der Waals surface area (Å²) in [5.74, 6) is -0.0189. The Morgan fingerprint density at radius 3 is 2.88 bits per heavy atom. The number of nitrogens with zero attached hydrogens (tertiary/aromatic N) is 3. The lowest BCUT2D eigenvalue weighted by Gasteiger charge is -2.08. The van der Waals surface area contributed by atoms with E-state index >= 15 is 0 Å². The van der Waals surface area contributed by atoms with Crippen LogP contribution < -0.4 is 5.32 Å². The molecule has 1 aliphatic heterocycles. The Bertz CT molecular complexity index is 435. The summed E-state index contributed by atoms with van der Waals surface area (Å²) in [6.07, 6.45) is 4.45. The normalized spacial score (nSPS) is 15.9. The van der Waals surface area contributed by atoms with Crippen LogP contribution in [0.1, 0.15) is 25.3 Å². The Hall–Kier alpha value is -1.78. The van der Waals surface area contributed by atoms with Gasteiger partial charge in [0.25, 0.3) is 0 Å². The average molecular weight is 218 g/mol. The van der Waals surface area contributed by atoms with E-state index in [0.29, 0.717) is 12.8 Å². The molecule has 0 saturated heterocycles. The van der Waals surface area contributed by atoms with E-state index < -0.39 is 0 Å². The molecule has 0 saturated carbocycles. The van der Waals surface area contributed by atoms with Gasteiger partial charge in [-0.2, -0.15) is 10.2 Å². The minimum atomic E-state index is -0.304. The maximum absolute atomic E-state index is 11.6. The Morgan fingerprint density at radius 1 is 1.50 bits per heavy atom. The van der Waals surface area contributed by atoms with Crippen molar-refractivity contribution in [3.05, 3.63) is 24.0 Å². The van der Waals surface area contributed by atoms with E-state index in [0.717, 1.165) is 11.3 Å². The number of carbonyl (C=O) groups is 1. The molecule has 0 spiro atoms. The van der Waals surface area contributed by atoms with Crippen molar-refractivity contribution in [2.75, 3.05) is 5.32 Å². The zero-order valence-corrected chi connectivity index (χ0v) is 9.40. The highest BCUT2D eigenvalue weighted by Crippen LogP contribution is 2.32. The monoisotopic (exact) mass is 218 g/mol. The van der Waals surface area contributed by atoms with Crippen LogP contribution in [0.2, 0.25) is 0 Å². The second-order valence-corrected chi connectivity index (χ2v) is 4.16. The largest absolute Gasteiger partial charge is 0.325 e. The molecule has 0 fully saturated rings. The predicted molar refractivity (Wildman–Crippen MR) is 60.1 cm³/mol. The van der Waals surface area contributed by atoms with Gasteiger partial charge < -0.3 is 5.32 Å². The molecule has 2 heterocycles. The molecule has 0 unspecified atom stereocenters. The molecule has 0 bridgehead atoms. The fraction of sp³-hybridized carbons (Fsp3) is 0.455. The van der Waals surface area contributed by atoms with Gasteiger partial charge in [-0.05, 0) is 25.5 Å². The zero-order valence-electron chi connectivity index (χ0n) is 9.40. The fourth-order valence-corrected chi connectivity index (χ4v) is 1.34. The summed E-state index contributed by atoms with van der Waals surface area (Å²) < 4.78 is 0. The van der Waals surface area contributed by atoms with E-state index in [9.17, 15) is 4.79 Å². The maximum Gasteiger partial charge on any atom is 0.224 e. The van der Waals surface area contributed by atoms with Crippen LogP contribution in [0.25, 0.3) is 0 Å². The summed E-state index contributed by atoms with van der Waals surface area (Å²) in [6.45, 7) is 3.85. The number of nitrogens with one attached hydrogen (secondary N) is 1. The average Bonchev–Trinajstić information content (AvgIpc) is 2.98. The van der Waals surface area contributed by atoms with Gasteiger partial charge in [0.15, 0.2) is 5.66 Å². The Balaban J connectivity index is 1.85. The molecule has 84 valence electrons. The molecular formula is C11H14N4O. The molecule has 0 aromatic carbocycles. The highest BCUT2D eigenvalue weighted by molar-refractivity contribution is 5.91. The van der Waals surface area contributed by atoms with Crippen molar-refractivity contribution >= 4 is 11.6 Å². The van der Waals surface area contributed by atoms with Crippen molar-refractivity contribution in [1.82, 2.24) is 4.98 Å². The zero-order chi connectivity index (χ0) is 11.6. The molecule has 5 nitrogen and oxygen atoms in total. The van der Waals surface area contributed by atoms with Crippen molar-refractivity contribution in [2.24, 2.45) is 10.2 Å². The summed E-state index contributed by atoms with van der Waals surface area (Å²) in [4.78, 5) is 15.6. The van der Waals surface area contributed by atoms with Crippen LogP contribution in [0, 0.1) is 6.92 Å². The van der Waals surface area contributed by atoms with Gasteiger partial charge in [-0.25, -0.2) is 0 Å². The van der Waals surface area contributed by atoms with Gasteiger partial charge in [-0.15, -0.1) is 0 Å². The topological polar surface area (TPSA) is 66.7 Å². The lowest BCUT2D eigenvalue weighted by molar-refractivity contribution is -0.116. The summed E-state index contributed by atoms with van der Waals surface area (Å²) in [5, 5.41) is 10.6. The summed E-state index contributed by atoms with van der Waals surface area (Å²) in [5.41, 5.74) is 1.47. The first-order valence-electron chi connectivity index (χ1n) is 5.24. The molecule has 0 aliphatic carbocycles. The minimum absolute atomic E-state index is 0.0189. The van der Waals surface area contributed by atoms with Crippen LogP contribution in [-0.2, 0) is 4.79 Å². The van der Waals surface area contributed by atoms with Crippen LogP contribution in [0.4, 0.5) is 5.69 Å². The number of carbonyl (C=O) groups excluding carboxylic acids is 1. The second kappa shape index (κ2) is 4.00. The third-order valence-electron chi connectivity index (χ3n) is 2.58. The molecule has 1 amide bonds. The van der Waals surface area contributed by atoms with Crippen LogP contribution in [-0.4, -0.2) is 16.6 Å². The molecule has 0 radical (unpaired) electrons. The molecule has 5 heteroatoms. The van der Waals surface area contributed by atoms with E-state index in [2.05, 4.69) is 20.5 Å². The van der Waals surface area contributed by atoms with E-state index in [1.165, 1.54) is 0 Å². The number of aromatic nitrogens is 1. The third kappa shape index (κ3) is 2.62. The predicted octanol–water partition coefficient (Wildman–Crippen LogP) is 2.29. The van der Waals surface area contributed by atoms with Crippen molar-refractivity contribution in [3.8, 4) is 0 Å². The highest BCUT2D eigenvalue weighted by Gasteiger charge is 2.33. The number of pyridine rings is 1. The van der Waals surface area contributed by atoms with E-state index in [1.54, 1.807) is 12.4 Å². The number of hydrogen-bond acceptors (Lipinski definition) is 4. The lowest BCUT2D eigenvalue weighted by Crippen LogP contribution is -2.16. The minimum Gasteiger partial charge on any atom is -0.325 e. The van der Waals surface area contributed by atoms with E-state index in [4.69, 9.17) is 0 Å². The molecule has 0 atom stereocenters.